The van der Waals surface area contributed by atoms with Crippen LogP contribution in [0.5, 0.6) is 0 Å². The molecular formula is C3H9Bi. The van der Waals surface area contributed by atoms with E-state index in [0.29, 0.717) is 0 Å². The third-order valence-electron chi connectivity index (χ3n) is 0. The van der Waals surface area contributed by atoms with E-state index in [9.17, 15) is 0 Å². The summed E-state index contributed by atoms with van der Waals surface area (Å²) < 4.78 is 0. The molecule has 0 saturated carbocycles. The van der Waals surface area contributed by atoms with Gasteiger partial charge in [0.05, 0.1) is 0 Å². The third-order valence-corrected chi connectivity index (χ3v) is 0. The van der Waals surface area contributed by atoms with E-state index in [1.54, 1.807) is 6.08 Å². The molecule has 0 N–H and O–H groups in total. The Morgan fingerprint density at radius 2 is 1.75 bits per heavy atom. The van der Waals surface area contributed by atoms with Gasteiger partial charge in [0.2, 0.25) is 0 Å². The van der Waals surface area contributed by atoms with Crippen LogP contribution in [-0.4, -0.2) is 26.2 Å². The molecule has 0 aliphatic carbocycles. The van der Waals surface area contributed by atoms with Gasteiger partial charge in [-0.1, -0.05) is 6.08 Å². The fraction of sp³-hybridized carbons (Fsp3) is 0.333. The molecule has 0 aliphatic rings. The summed E-state index contributed by atoms with van der Waals surface area (Å²) in [5.74, 6) is 0. The molecular weight excluding hydrogens is 245 g/mol. The first-order chi connectivity index (χ1) is 1.41. The van der Waals surface area contributed by atoms with Gasteiger partial charge >= 0.3 is 26.2 Å². The van der Waals surface area contributed by atoms with Gasteiger partial charge in [-0.15, -0.1) is 6.58 Å². The van der Waals surface area contributed by atoms with Crippen molar-refractivity contribution in [2.45, 2.75) is 6.92 Å². The quantitative estimate of drug-likeness (QED) is 0.422. The molecule has 26 valence electrons. The molecule has 0 atom stereocenters. The molecule has 0 nitrogen and oxygen atoms in total. The number of hydrogen-bond acceptors (Lipinski definition) is 0. The van der Waals surface area contributed by atoms with Crippen LogP contribution in [0.3, 0.4) is 0 Å². The van der Waals surface area contributed by atoms with Gasteiger partial charge < -0.3 is 0 Å². The van der Waals surface area contributed by atoms with Crippen molar-refractivity contribution in [3.8, 4) is 0 Å². The Hall–Kier alpha value is 0.623. The first kappa shape index (κ1) is 8.82. The maximum absolute atomic E-state index is 3.36. The van der Waals surface area contributed by atoms with E-state index in [2.05, 4.69) is 6.58 Å². The van der Waals surface area contributed by atoms with Gasteiger partial charge in [-0.2, -0.15) is 0 Å². The Labute approximate surface area is 46.0 Å². The van der Waals surface area contributed by atoms with E-state index in [-0.39, 0.29) is 26.2 Å². The predicted octanol–water partition coefficient (Wildman–Crippen LogP) is 0.00840. The summed E-state index contributed by atoms with van der Waals surface area (Å²) >= 11 is 0. The van der Waals surface area contributed by atoms with Crippen molar-refractivity contribution in [1.82, 2.24) is 0 Å². The summed E-state index contributed by atoms with van der Waals surface area (Å²) in [6.45, 7) is 5.25. The summed E-state index contributed by atoms with van der Waals surface area (Å²) in [6, 6.07) is 0. The number of hydrogen-bond donors (Lipinski definition) is 0. The fourth-order valence-corrected chi connectivity index (χ4v) is 0. The molecule has 4 heavy (non-hydrogen) atoms. The van der Waals surface area contributed by atoms with Crippen LogP contribution in [0.1, 0.15) is 6.92 Å². The summed E-state index contributed by atoms with van der Waals surface area (Å²) in [5.41, 5.74) is 0. The minimum absolute atomic E-state index is 0. The minimum atomic E-state index is 0. The first-order valence-electron chi connectivity index (χ1n) is 0.986. The first-order valence-corrected chi connectivity index (χ1v) is 0.986. The third kappa shape index (κ3) is 17.8. The average molecular weight is 254 g/mol. The molecule has 0 radical (unpaired) electrons. The molecule has 0 aromatic rings. The van der Waals surface area contributed by atoms with Gasteiger partial charge in [0.25, 0.3) is 0 Å². The Morgan fingerprint density at radius 1 is 1.75 bits per heavy atom. The Balaban J connectivity index is 0. The van der Waals surface area contributed by atoms with Crippen molar-refractivity contribution in [1.29, 1.82) is 0 Å². The van der Waals surface area contributed by atoms with E-state index in [0.717, 1.165) is 0 Å². The molecule has 0 fully saturated rings. The van der Waals surface area contributed by atoms with Crippen LogP contribution in [0.2, 0.25) is 0 Å². The zero-order chi connectivity index (χ0) is 2.71. The monoisotopic (exact) mass is 254 g/mol. The van der Waals surface area contributed by atoms with E-state index in [4.69, 9.17) is 0 Å². The van der Waals surface area contributed by atoms with Crippen LogP contribution >= 0.6 is 0 Å². The van der Waals surface area contributed by atoms with Crippen LogP contribution in [-0.2, 0) is 0 Å². The molecule has 0 bridgehead atoms. The predicted molar refractivity (Wildman–Crippen MR) is 25.8 cm³/mol. The van der Waals surface area contributed by atoms with Crippen molar-refractivity contribution < 1.29 is 0 Å². The van der Waals surface area contributed by atoms with Gasteiger partial charge in [0.1, 0.15) is 0 Å². The average Bonchev–Trinajstić information content (AvgIpc) is 0.918. The van der Waals surface area contributed by atoms with Crippen LogP contribution in [0.15, 0.2) is 12.7 Å². The van der Waals surface area contributed by atoms with E-state index < -0.39 is 0 Å². The van der Waals surface area contributed by atoms with Gasteiger partial charge in [-0.25, -0.2) is 0 Å². The van der Waals surface area contributed by atoms with Crippen molar-refractivity contribution in [3.63, 3.8) is 0 Å². The molecule has 0 heterocycles. The van der Waals surface area contributed by atoms with Gasteiger partial charge in [-0.3, -0.25) is 0 Å². The second-order valence-electron chi connectivity index (χ2n) is 0.408. The molecule has 0 saturated heterocycles. The number of rotatable bonds is 0. The zero-order valence-electron chi connectivity index (χ0n) is 2.99. The molecule has 0 unspecified atom stereocenters. The summed E-state index contributed by atoms with van der Waals surface area (Å²) in [4.78, 5) is 0. The van der Waals surface area contributed by atoms with Crippen LogP contribution in [0, 0.1) is 0 Å². The van der Waals surface area contributed by atoms with E-state index in [1.165, 1.54) is 0 Å². The molecule has 0 aliphatic heterocycles. The van der Waals surface area contributed by atoms with E-state index in [1.807, 2.05) is 6.92 Å². The second kappa shape index (κ2) is 9.46. The van der Waals surface area contributed by atoms with Gasteiger partial charge in [0, 0.05) is 0 Å². The van der Waals surface area contributed by atoms with Crippen LogP contribution in [0.25, 0.3) is 0 Å². The zero-order valence-corrected chi connectivity index (χ0v) is 8.49. The molecule has 0 amide bonds. The maximum atomic E-state index is 3.36. The molecule has 0 rings (SSSR count). The summed E-state index contributed by atoms with van der Waals surface area (Å²) in [7, 11) is 0. The van der Waals surface area contributed by atoms with Gasteiger partial charge in [0.15, 0.2) is 0 Å². The normalized spacial score (nSPS) is 3.25. The Kier molecular flexibility index (Phi) is 20.9. The fourth-order valence-electron chi connectivity index (χ4n) is 0. The Bertz CT molecular complexity index is 10.8. The summed E-state index contributed by atoms with van der Waals surface area (Å²) in [5, 5.41) is 0. The van der Waals surface area contributed by atoms with Crippen LogP contribution in [0.4, 0.5) is 0 Å². The standard InChI is InChI=1S/C3H6.Bi.3H/c1-3-2;;;;/h3H,1H2,2H3;;;;. The van der Waals surface area contributed by atoms with E-state index >= 15 is 0 Å². The van der Waals surface area contributed by atoms with Crippen molar-refractivity contribution in [2.24, 2.45) is 0 Å². The SMILES string of the molecule is C=CC.[BiH3]. The van der Waals surface area contributed by atoms with Crippen LogP contribution < -0.4 is 0 Å². The second-order valence-corrected chi connectivity index (χ2v) is 0.408. The molecule has 1 heteroatoms. The summed E-state index contributed by atoms with van der Waals surface area (Å²) in [6.07, 6.45) is 1.75. The van der Waals surface area contributed by atoms with Gasteiger partial charge in [-0.05, 0) is 6.92 Å². The van der Waals surface area contributed by atoms with Crippen molar-refractivity contribution in [2.75, 3.05) is 0 Å². The van der Waals surface area contributed by atoms with Crippen molar-refractivity contribution in [3.05, 3.63) is 12.7 Å². The molecule has 0 spiro atoms. The molecule has 0 aromatic carbocycles. The van der Waals surface area contributed by atoms with Crippen molar-refractivity contribution >= 4 is 26.2 Å². The topological polar surface area (TPSA) is 0 Å². The molecule has 0 aromatic heterocycles. The number of allylic oxidation sites excluding steroid dienone is 1. The Morgan fingerprint density at radius 3 is 1.75 bits per heavy atom.